The smallest absolute Gasteiger partial charge is 0.410 e. The fourth-order valence-corrected chi connectivity index (χ4v) is 2.59. The number of aliphatic hydroxyl groups excluding tert-OH is 1. The molecule has 1 amide bonds. The van der Waals surface area contributed by atoms with Crippen LogP contribution in [0.25, 0.3) is 0 Å². The van der Waals surface area contributed by atoms with Crippen molar-refractivity contribution in [2.24, 2.45) is 0 Å². The molecule has 3 unspecified atom stereocenters. The number of morpholine rings is 1. The van der Waals surface area contributed by atoms with Crippen molar-refractivity contribution in [3.05, 3.63) is 0 Å². The topological polar surface area (TPSA) is 71.0 Å². The fourth-order valence-electron chi connectivity index (χ4n) is 2.59. The number of rotatable bonds is 6. The SMILES string of the molecule is CCC(CO)NC(C)CC1COCCN1C(=O)OC(C)(C)C. The molecule has 0 spiro atoms. The van der Waals surface area contributed by atoms with Gasteiger partial charge >= 0.3 is 6.09 Å². The van der Waals surface area contributed by atoms with Crippen LogP contribution < -0.4 is 5.32 Å². The van der Waals surface area contributed by atoms with Crippen LogP contribution in [0.2, 0.25) is 0 Å². The first-order valence-corrected chi connectivity index (χ1v) is 8.21. The molecule has 22 heavy (non-hydrogen) atoms. The molecule has 6 heteroatoms. The standard InChI is InChI=1S/C16H32N2O4/c1-6-13(10-19)17-12(2)9-14-11-21-8-7-18(14)15(20)22-16(3,4)5/h12-14,17,19H,6-11H2,1-5H3. The molecule has 0 aromatic heterocycles. The van der Waals surface area contributed by atoms with Crippen LogP contribution in [0, 0.1) is 0 Å². The molecule has 6 nitrogen and oxygen atoms in total. The third-order valence-corrected chi connectivity index (χ3v) is 3.71. The lowest BCUT2D eigenvalue weighted by Gasteiger charge is -2.38. The molecule has 0 bridgehead atoms. The zero-order valence-corrected chi connectivity index (χ0v) is 14.6. The molecule has 1 rings (SSSR count). The quantitative estimate of drug-likeness (QED) is 0.781. The lowest BCUT2D eigenvalue weighted by atomic mass is 10.1. The van der Waals surface area contributed by atoms with Gasteiger partial charge in [0.1, 0.15) is 5.60 Å². The van der Waals surface area contributed by atoms with E-state index in [0.717, 1.165) is 12.8 Å². The predicted molar refractivity (Wildman–Crippen MR) is 85.9 cm³/mol. The summed E-state index contributed by atoms with van der Waals surface area (Å²) in [6, 6.07) is 0.283. The molecule has 0 aromatic carbocycles. The van der Waals surface area contributed by atoms with Gasteiger partial charge in [-0.15, -0.1) is 0 Å². The van der Waals surface area contributed by atoms with Gasteiger partial charge in [0.05, 0.1) is 25.9 Å². The summed E-state index contributed by atoms with van der Waals surface area (Å²) in [7, 11) is 0. The molecule has 0 aliphatic carbocycles. The molecule has 1 heterocycles. The van der Waals surface area contributed by atoms with Gasteiger partial charge in [-0.2, -0.15) is 0 Å². The van der Waals surface area contributed by atoms with Crippen LogP contribution in [0.4, 0.5) is 4.79 Å². The van der Waals surface area contributed by atoms with Crippen LogP contribution in [-0.4, -0.2) is 66.2 Å². The first-order valence-electron chi connectivity index (χ1n) is 8.21. The van der Waals surface area contributed by atoms with E-state index in [1.807, 2.05) is 27.7 Å². The predicted octanol–water partition coefficient (Wildman–Crippen LogP) is 1.76. The number of ether oxygens (including phenoxy) is 2. The summed E-state index contributed by atoms with van der Waals surface area (Å²) in [5.74, 6) is 0. The molecule has 0 aromatic rings. The minimum atomic E-state index is -0.492. The van der Waals surface area contributed by atoms with E-state index < -0.39 is 5.60 Å². The Morgan fingerprint density at radius 1 is 1.50 bits per heavy atom. The van der Waals surface area contributed by atoms with Gasteiger partial charge in [0, 0.05) is 18.6 Å². The largest absolute Gasteiger partial charge is 0.444 e. The molecule has 3 atom stereocenters. The van der Waals surface area contributed by atoms with Gasteiger partial charge < -0.3 is 24.8 Å². The number of hydrogen-bond donors (Lipinski definition) is 2. The van der Waals surface area contributed by atoms with Crippen LogP contribution in [0.3, 0.4) is 0 Å². The van der Waals surface area contributed by atoms with Crippen LogP contribution >= 0.6 is 0 Å². The lowest BCUT2D eigenvalue weighted by molar-refractivity contribution is -0.0359. The van der Waals surface area contributed by atoms with E-state index in [4.69, 9.17) is 9.47 Å². The maximum absolute atomic E-state index is 12.3. The second-order valence-corrected chi connectivity index (χ2v) is 6.99. The third kappa shape index (κ3) is 6.50. The van der Waals surface area contributed by atoms with E-state index in [2.05, 4.69) is 12.2 Å². The van der Waals surface area contributed by atoms with Gasteiger partial charge in [0.25, 0.3) is 0 Å². The normalized spacial score (nSPS) is 22.3. The Hall–Kier alpha value is -0.850. The number of carbonyl (C=O) groups is 1. The molecule has 1 saturated heterocycles. The zero-order valence-electron chi connectivity index (χ0n) is 14.6. The molecule has 0 radical (unpaired) electrons. The fraction of sp³-hybridized carbons (Fsp3) is 0.938. The maximum atomic E-state index is 12.3. The highest BCUT2D eigenvalue weighted by molar-refractivity contribution is 5.68. The lowest BCUT2D eigenvalue weighted by Crippen LogP contribution is -2.53. The Balaban J connectivity index is 2.59. The van der Waals surface area contributed by atoms with Crippen molar-refractivity contribution in [3.63, 3.8) is 0 Å². The van der Waals surface area contributed by atoms with Gasteiger partial charge in [-0.05, 0) is 40.5 Å². The molecule has 1 aliphatic rings. The highest BCUT2D eigenvalue weighted by atomic mass is 16.6. The van der Waals surface area contributed by atoms with Gasteiger partial charge in [0.15, 0.2) is 0 Å². The summed E-state index contributed by atoms with van der Waals surface area (Å²) in [4.78, 5) is 14.1. The van der Waals surface area contributed by atoms with E-state index in [9.17, 15) is 9.90 Å². The number of hydrogen-bond acceptors (Lipinski definition) is 5. The van der Waals surface area contributed by atoms with Gasteiger partial charge in [-0.25, -0.2) is 4.79 Å². The summed E-state index contributed by atoms with van der Waals surface area (Å²) in [6.07, 6.45) is 1.37. The average molecular weight is 316 g/mol. The molecule has 1 fully saturated rings. The van der Waals surface area contributed by atoms with Crippen molar-refractivity contribution < 1.29 is 19.4 Å². The Morgan fingerprint density at radius 2 is 2.18 bits per heavy atom. The van der Waals surface area contributed by atoms with E-state index in [1.54, 1.807) is 4.90 Å². The van der Waals surface area contributed by atoms with Crippen LogP contribution in [0.5, 0.6) is 0 Å². The van der Waals surface area contributed by atoms with E-state index in [-0.39, 0.29) is 30.8 Å². The Morgan fingerprint density at radius 3 is 2.73 bits per heavy atom. The van der Waals surface area contributed by atoms with Gasteiger partial charge in [-0.3, -0.25) is 0 Å². The van der Waals surface area contributed by atoms with Crippen LogP contribution in [0.1, 0.15) is 47.5 Å². The molecular formula is C16H32N2O4. The zero-order chi connectivity index (χ0) is 16.8. The van der Waals surface area contributed by atoms with E-state index >= 15 is 0 Å². The molecule has 2 N–H and O–H groups in total. The molecule has 130 valence electrons. The first kappa shape index (κ1) is 19.2. The molecule has 0 saturated carbocycles. The average Bonchev–Trinajstić information content (AvgIpc) is 2.43. The summed E-state index contributed by atoms with van der Waals surface area (Å²) >= 11 is 0. The van der Waals surface area contributed by atoms with Crippen molar-refractivity contribution in [1.29, 1.82) is 0 Å². The second-order valence-electron chi connectivity index (χ2n) is 6.99. The summed E-state index contributed by atoms with van der Waals surface area (Å²) in [5, 5.41) is 12.7. The van der Waals surface area contributed by atoms with E-state index in [0.29, 0.717) is 19.8 Å². The minimum absolute atomic E-state index is 0.00213. The van der Waals surface area contributed by atoms with Crippen LogP contribution in [0.15, 0.2) is 0 Å². The highest BCUT2D eigenvalue weighted by Gasteiger charge is 2.32. The Labute approximate surface area is 134 Å². The number of carbonyl (C=O) groups excluding carboxylic acids is 1. The number of amides is 1. The summed E-state index contributed by atoms with van der Waals surface area (Å²) < 4.78 is 11.0. The summed E-state index contributed by atoms with van der Waals surface area (Å²) in [5.41, 5.74) is -0.492. The van der Waals surface area contributed by atoms with Crippen LogP contribution in [-0.2, 0) is 9.47 Å². The number of aliphatic hydroxyl groups is 1. The monoisotopic (exact) mass is 316 g/mol. The second kappa shape index (κ2) is 8.70. The molecular weight excluding hydrogens is 284 g/mol. The third-order valence-electron chi connectivity index (χ3n) is 3.71. The Bertz CT molecular complexity index is 340. The van der Waals surface area contributed by atoms with Crippen molar-refractivity contribution in [1.82, 2.24) is 10.2 Å². The first-order chi connectivity index (χ1) is 10.3. The van der Waals surface area contributed by atoms with Gasteiger partial charge in [-0.1, -0.05) is 6.92 Å². The summed E-state index contributed by atoms with van der Waals surface area (Å²) in [6.45, 7) is 11.5. The van der Waals surface area contributed by atoms with Crippen molar-refractivity contribution in [2.75, 3.05) is 26.4 Å². The number of nitrogens with one attached hydrogen (secondary N) is 1. The number of nitrogens with zero attached hydrogens (tertiary/aromatic N) is 1. The van der Waals surface area contributed by atoms with E-state index in [1.165, 1.54) is 0 Å². The van der Waals surface area contributed by atoms with Crippen molar-refractivity contribution in [2.45, 2.75) is 71.2 Å². The Kier molecular flexibility index (Phi) is 7.59. The van der Waals surface area contributed by atoms with Crippen molar-refractivity contribution in [3.8, 4) is 0 Å². The minimum Gasteiger partial charge on any atom is -0.444 e. The molecule has 1 aliphatic heterocycles. The maximum Gasteiger partial charge on any atom is 0.410 e. The van der Waals surface area contributed by atoms with Gasteiger partial charge in [0.2, 0.25) is 0 Å². The van der Waals surface area contributed by atoms with Crippen molar-refractivity contribution >= 4 is 6.09 Å². The highest BCUT2D eigenvalue weighted by Crippen LogP contribution is 2.17.